The number of carbonyl (C=O) groups is 1. The minimum atomic E-state index is -0.0402. The maximum Gasteiger partial charge on any atom is 0.220 e. The van der Waals surface area contributed by atoms with E-state index in [0.717, 1.165) is 5.75 Å². The van der Waals surface area contributed by atoms with E-state index in [1.807, 2.05) is 23.6 Å². The Morgan fingerprint density at radius 1 is 1.43 bits per heavy atom. The summed E-state index contributed by atoms with van der Waals surface area (Å²) >= 11 is 1.65. The summed E-state index contributed by atoms with van der Waals surface area (Å²) in [4.78, 5) is 10.5. The number of amides is 1. The monoisotopic (exact) mass is 207 g/mol. The molecule has 0 unspecified atom stereocenters. The molecule has 14 heavy (non-hydrogen) atoms. The molecule has 0 fully saturated rings. The molecule has 0 saturated heterocycles. The lowest BCUT2D eigenvalue weighted by atomic mass is 10.2. The van der Waals surface area contributed by atoms with Crippen LogP contribution in [0.1, 0.15) is 12.5 Å². The number of rotatable bonds is 4. The van der Waals surface area contributed by atoms with Gasteiger partial charge in [0.1, 0.15) is 0 Å². The molecule has 0 spiro atoms. The van der Waals surface area contributed by atoms with Gasteiger partial charge in [0.25, 0.3) is 0 Å². The average molecular weight is 207 g/mol. The van der Waals surface area contributed by atoms with E-state index in [0.29, 0.717) is 0 Å². The number of hydrogen-bond donors (Lipinski definition) is 1. The van der Waals surface area contributed by atoms with E-state index >= 15 is 0 Å². The molecule has 74 valence electrons. The lowest BCUT2D eigenvalue weighted by Crippen LogP contribution is -2.10. The third-order valence-corrected chi connectivity index (χ3v) is 2.37. The summed E-state index contributed by atoms with van der Waals surface area (Å²) < 4.78 is 0. The van der Waals surface area contributed by atoms with Gasteiger partial charge in [0.05, 0.1) is 0 Å². The fourth-order valence-corrected chi connectivity index (χ4v) is 1.56. The van der Waals surface area contributed by atoms with E-state index in [9.17, 15) is 4.79 Å². The van der Waals surface area contributed by atoms with Crippen LogP contribution in [-0.4, -0.2) is 5.91 Å². The van der Waals surface area contributed by atoms with Gasteiger partial charge < -0.3 is 5.32 Å². The van der Waals surface area contributed by atoms with Gasteiger partial charge >= 0.3 is 0 Å². The van der Waals surface area contributed by atoms with Crippen molar-refractivity contribution < 1.29 is 4.79 Å². The third-order valence-electron chi connectivity index (χ3n) is 1.54. The minimum absolute atomic E-state index is 0.0402. The summed E-state index contributed by atoms with van der Waals surface area (Å²) in [6.07, 6.45) is 1.66. The van der Waals surface area contributed by atoms with Crippen LogP contribution in [0.5, 0.6) is 0 Å². The molecule has 0 heterocycles. The summed E-state index contributed by atoms with van der Waals surface area (Å²) in [6.45, 7) is 1.49. The predicted octanol–water partition coefficient (Wildman–Crippen LogP) is 2.53. The van der Waals surface area contributed by atoms with Gasteiger partial charge in [0.2, 0.25) is 5.91 Å². The summed E-state index contributed by atoms with van der Waals surface area (Å²) in [5, 5.41) is 4.47. The molecule has 0 aliphatic rings. The largest absolute Gasteiger partial charge is 0.332 e. The van der Waals surface area contributed by atoms with Crippen molar-refractivity contribution in [1.82, 2.24) is 5.32 Å². The van der Waals surface area contributed by atoms with Crippen LogP contribution in [0.25, 0.3) is 0 Å². The molecule has 2 nitrogen and oxygen atoms in total. The Morgan fingerprint density at radius 3 is 2.79 bits per heavy atom. The van der Waals surface area contributed by atoms with E-state index in [1.165, 1.54) is 12.5 Å². The van der Waals surface area contributed by atoms with Gasteiger partial charge in [-0.3, -0.25) is 4.79 Å². The van der Waals surface area contributed by atoms with Gasteiger partial charge in [0.15, 0.2) is 0 Å². The second-order valence-corrected chi connectivity index (χ2v) is 3.69. The smallest absolute Gasteiger partial charge is 0.220 e. The van der Waals surface area contributed by atoms with Crippen molar-refractivity contribution in [2.24, 2.45) is 0 Å². The van der Waals surface area contributed by atoms with Crippen LogP contribution in [0.4, 0.5) is 0 Å². The van der Waals surface area contributed by atoms with Crippen LogP contribution in [0.2, 0.25) is 0 Å². The van der Waals surface area contributed by atoms with Crippen molar-refractivity contribution in [3.63, 3.8) is 0 Å². The van der Waals surface area contributed by atoms with Crippen LogP contribution in [-0.2, 0) is 10.5 Å². The first-order chi connectivity index (χ1) is 6.79. The molecule has 0 bridgehead atoms. The van der Waals surface area contributed by atoms with Gasteiger partial charge in [-0.05, 0) is 11.0 Å². The van der Waals surface area contributed by atoms with Crippen molar-refractivity contribution in [2.75, 3.05) is 0 Å². The Morgan fingerprint density at radius 2 is 2.14 bits per heavy atom. The van der Waals surface area contributed by atoms with Crippen molar-refractivity contribution in [3.8, 4) is 0 Å². The van der Waals surface area contributed by atoms with Gasteiger partial charge in [-0.2, -0.15) is 0 Å². The second-order valence-electron chi connectivity index (χ2n) is 2.80. The molecule has 1 N–H and O–H groups in total. The van der Waals surface area contributed by atoms with Crippen molar-refractivity contribution >= 4 is 17.7 Å². The normalized spacial score (nSPS) is 10.4. The molecule has 0 atom stereocenters. The molecule has 0 aromatic heterocycles. The maximum absolute atomic E-state index is 10.5. The molecule has 0 radical (unpaired) electrons. The first kappa shape index (κ1) is 10.9. The minimum Gasteiger partial charge on any atom is -0.332 e. The van der Waals surface area contributed by atoms with Gasteiger partial charge in [-0.15, -0.1) is 11.8 Å². The van der Waals surface area contributed by atoms with Gasteiger partial charge in [-0.25, -0.2) is 0 Å². The molecule has 0 aliphatic carbocycles. The quantitative estimate of drug-likeness (QED) is 0.822. The zero-order chi connectivity index (χ0) is 10.2. The van der Waals surface area contributed by atoms with Crippen molar-refractivity contribution in [2.45, 2.75) is 12.7 Å². The van der Waals surface area contributed by atoms with Gasteiger partial charge in [0, 0.05) is 18.9 Å². The zero-order valence-corrected chi connectivity index (χ0v) is 8.88. The molecule has 1 rings (SSSR count). The molecule has 0 aliphatic heterocycles. The van der Waals surface area contributed by atoms with Crippen molar-refractivity contribution in [1.29, 1.82) is 0 Å². The van der Waals surface area contributed by atoms with Crippen LogP contribution in [0, 0.1) is 0 Å². The first-order valence-corrected chi connectivity index (χ1v) is 5.41. The predicted molar refractivity (Wildman–Crippen MR) is 60.7 cm³/mol. The average Bonchev–Trinajstić information content (AvgIpc) is 2.18. The highest BCUT2D eigenvalue weighted by molar-refractivity contribution is 8.01. The molecule has 3 heteroatoms. The molecule has 1 aromatic rings. The lowest BCUT2D eigenvalue weighted by Gasteiger charge is -1.96. The Hall–Kier alpha value is -1.22. The summed E-state index contributed by atoms with van der Waals surface area (Å²) in [5.74, 6) is 0.887. The fraction of sp³-hybridized carbons (Fsp3) is 0.182. The van der Waals surface area contributed by atoms with Gasteiger partial charge in [-0.1, -0.05) is 30.3 Å². The Kier molecular flexibility index (Phi) is 4.86. The Bertz CT molecular complexity index is 308. The highest BCUT2D eigenvalue weighted by atomic mass is 32.2. The van der Waals surface area contributed by atoms with Crippen LogP contribution in [0.15, 0.2) is 41.9 Å². The van der Waals surface area contributed by atoms with Crippen molar-refractivity contribution in [3.05, 3.63) is 47.5 Å². The summed E-state index contributed by atoms with van der Waals surface area (Å²) in [5.41, 5.74) is 1.28. The number of thioether (sulfide) groups is 1. The van der Waals surface area contributed by atoms with E-state index in [4.69, 9.17) is 0 Å². The molecule has 0 saturated carbocycles. The SMILES string of the molecule is CC(=O)NC=CSCc1ccccc1. The summed E-state index contributed by atoms with van der Waals surface area (Å²) in [7, 11) is 0. The Balaban J connectivity index is 2.22. The zero-order valence-electron chi connectivity index (χ0n) is 8.07. The molecule has 1 aromatic carbocycles. The molecular weight excluding hydrogens is 194 g/mol. The fourth-order valence-electron chi connectivity index (χ4n) is 0.918. The molecule has 1 amide bonds. The van der Waals surface area contributed by atoms with E-state index < -0.39 is 0 Å². The first-order valence-electron chi connectivity index (χ1n) is 4.36. The number of nitrogens with one attached hydrogen (secondary N) is 1. The van der Waals surface area contributed by atoms with Crippen LogP contribution < -0.4 is 5.32 Å². The second kappa shape index (κ2) is 6.27. The Labute approximate surface area is 88.4 Å². The van der Waals surface area contributed by atoms with Crippen LogP contribution in [0.3, 0.4) is 0 Å². The molecular formula is C11H13NOS. The highest BCUT2D eigenvalue weighted by Crippen LogP contribution is 2.11. The lowest BCUT2D eigenvalue weighted by molar-refractivity contribution is -0.118. The van der Waals surface area contributed by atoms with E-state index in [2.05, 4.69) is 17.4 Å². The highest BCUT2D eigenvalue weighted by Gasteiger charge is 1.88. The third kappa shape index (κ3) is 4.72. The van der Waals surface area contributed by atoms with E-state index in [-0.39, 0.29) is 5.91 Å². The number of carbonyl (C=O) groups excluding carboxylic acids is 1. The van der Waals surface area contributed by atoms with E-state index in [1.54, 1.807) is 18.0 Å². The standard InChI is InChI=1S/C11H13NOS/c1-10(13)12-7-8-14-9-11-5-3-2-4-6-11/h2-8H,9H2,1H3,(H,12,13). The topological polar surface area (TPSA) is 29.1 Å². The number of hydrogen-bond acceptors (Lipinski definition) is 2. The van der Waals surface area contributed by atoms with Crippen LogP contribution >= 0.6 is 11.8 Å². The summed E-state index contributed by atoms with van der Waals surface area (Å²) in [6, 6.07) is 10.2. The number of benzene rings is 1. The maximum atomic E-state index is 10.5.